The van der Waals surface area contributed by atoms with Crippen LogP contribution in [0.2, 0.25) is 0 Å². The van der Waals surface area contributed by atoms with Crippen LogP contribution in [0.3, 0.4) is 0 Å². The summed E-state index contributed by atoms with van der Waals surface area (Å²) in [5, 5.41) is 7.62. The molecule has 0 amide bonds. The smallest absolute Gasteiger partial charge is 0.170 e. The van der Waals surface area contributed by atoms with Crippen molar-refractivity contribution in [2.75, 3.05) is 6.54 Å². The molecule has 1 aromatic carbocycles. The topological polar surface area (TPSA) is 38.1 Å². The molecule has 3 rings (SSSR count). The van der Waals surface area contributed by atoms with Gasteiger partial charge in [-0.3, -0.25) is 0 Å². The molecule has 18 heavy (non-hydrogen) atoms. The molecule has 3 heteroatoms. The van der Waals surface area contributed by atoms with Crippen molar-refractivity contribution in [2.24, 2.45) is 0 Å². The maximum absolute atomic E-state index is 5.55. The molecule has 1 aliphatic carbocycles. The largest absolute Gasteiger partial charge is 0.356 e. The number of nitrogens with one attached hydrogen (secondary N) is 1. The van der Waals surface area contributed by atoms with Crippen molar-refractivity contribution in [3.63, 3.8) is 0 Å². The molecule has 0 saturated carbocycles. The molecule has 1 N–H and O–H groups in total. The van der Waals surface area contributed by atoms with Gasteiger partial charge in [-0.25, -0.2) is 0 Å². The average Bonchev–Trinajstić information content (AvgIpc) is 2.83. The van der Waals surface area contributed by atoms with Crippen LogP contribution in [-0.2, 0) is 19.4 Å². The number of aromatic nitrogens is 1. The highest BCUT2D eigenvalue weighted by molar-refractivity contribution is 5.68. The molecule has 0 spiro atoms. The Kier molecular flexibility index (Phi) is 3.15. The molecule has 0 bridgehead atoms. The second-order valence-corrected chi connectivity index (χ2v) is 4.77. The van der Waals surface area contributed by atoms with Gasteiger partial charge in [0.2, 0.25) is 0 Å². The summed E-state index contributed by atoms with van der Waals surface area (Å²) in [6, 6.07) is 8.45. The molecule has 0 aliphatic heterocycles. The molecule has 0 atom stereocenters. The lowest BCUT2D eigenvalue weighted by Crippen LogP contribution is -2.16. The van der Waals surface area contributed by atoms with E-state index in [2.05, 4.69) is 41.7 Å². The second-order valence-electron chi connectivity index (χ2n) is 4.77. The van der Waals surface area contributed by atoms with Gasteiger partial charge in [0, 0.05) is 17.7 Å². The van der Waals surface area contributed by atoms with Gasteiger partial charge >= 0.3 is 0 Å². The Labute approximate surface area is 107 Å². The highest BCUT2D eigenvalue weighted by atomic mass is 16.5. The Morgan fingerprint density at radius 3 is 3.06 bits per heavy atom. The van der Waals surface area contributed by atoms with Crippen molar-refractivity contribution in [1.82, 2.24) is 10.5 Å². The first-order chi connectivity index (χ1) is 8.90. The van der Waals surface area contributed by atoms with E-state index in [9.17, 15) is 0 Å². The summed E-state index contributed by atoms with van der Waals surface area (Å²) in [7, 11) is 0. The van der Waals surface area contributed by atoms with Gasteiger partial charge in [-0.1, -0.05) is 36.3 Å². The van der Waals surface area contributed by atoms with E-state index in [1.54, 1.807) is 0 Å². The van der Waals surface area contributed by atoms with E-state index in [1.165, 1.54) is 16.7 Å². The van der Waals surface area contributed by atoms with E-state index < -0.39 is 0 Å². The third kappa shape index (κ3) is 1.95. The monoisotopic (exact) mass is 242 g/mol. The Hall–Kier alpha value is -1.61. The summed E-state index contributed by atoms with van der Waals surface area (Å²) >= 11 is 0. The van der Waals surface area contributed by atoms with Crippen molar-refractivity contribution in [3.05, 3.63) is 41.1 Å². The molecule has 0 saturated heterocycles. The van der Waals surface area contributed by atoms with Gasteiger partial charge in [0.15, 0.2) is 5.76 Å². The zero-order valence-electron chi connectivity index (χ0n) is 10.7. The highest BCUT2D eigenvalue weighted by Crippen LogP contribution is 2.34. The molecule has 3 nitrogen and oxygen atoms in total. The number of hydrogen-bond acceptors (Lipinski definition) is 3. The van der Waals surface area contributed by atoms with Gasteiger partial charge in [0.05, 0.1) is 0 Å². The van der Waals surface area contributed by atoms with Crippen LogP contribution in [0.15, 0.2) is 28.8 Å². The zero-order valence-corrected chi connectivity index (χ0v) is 10.7. The predicted octanol–water partition coefficient (Wildman–Crippen LogP) is 2.94. The minimum Gasteiger partial charge on any atom is -0.356 e. The fraction of sp³-hybridized carbons (Fsp3) is 0.400. The standard InChI is InChI=1S/C15H18N2O/c1-2-9-16-10-14-13-8-7-11-5-3-4-6-12(11)15(13)18-17-14/h3-6,16H,2,7-10H2,1H3. The maximum Gasteiger partial charge on any atom is 0.170 e. The molecule has 1 aromatic heterocycles. The molecule has 0 unspecified atom stereocenters. The molecule has 94 valence electrons. The fourth-order valence-electron chi connectivity index (χ4n) is 2.55. The van der Waals surface area contributed by atoms with E-state index in [1.807, 2.05) is 0 Å². The van der Waals surface area contributed by atoms with E-state index in [-0.39, 0.29) is 0 Å². The summed E-state index contributed by atoms with van der Waals surface area (Å²) in [4.78, 5) is 0. The van der Waals surface area contributed by atoms with E-state index in [0.29, 0.717) is 0 Å². The van der Waals surface area contributed by atoms with Crippen molar-refractivity contribution >= 4 is 0 Å². The Balaban J connectivity index is 1.90. The summed E-state index contributed by atoms with van der Waals surface area (Å²) in [5.41, 5.74) is 4.95. The van der Waals surface area contributed by atoms with Crippen LogP contribution in [-0.4, -0.2) is 11.7 Å². The number of fused-ring (bicyclic) bond motifs is 3. The lowest BCUT2D eigenvalue weighted by atomic mass is 9.90. The van der Waals surface area contributed by atoms with Gasteiger partial charge in [-0.2, -0.15) is 0 Å². The molecule has 2 aromatic rings. The van der Waals surface area contributed by atoms with Crippen LogP contribution in [0, 0.1) is 0 Å². The maximum atomic E-state index is 5.55. The molecular formula is C15H18N2O. The Bertz CT molecular complexity index is 545. The fourth-order valence-corrected chi connectivity index (χ4v) is 2.55. The predicted molar refractivity (Wildman–Crippen MR) is 71.3 cm³/mol. The van der Waals surface area contributed by atoms with Crippen LogP contribution in [0.4, 0.5) is 0 Å². The normalized spacial score (nSPS) is 13.2. The van der Waals surface area contributed by atoms with Gasteiger partial charge in [-0.15, -0.1) is 0 Å². The van der Waals surface area contributed by atoms with Crippen molar-refractivity contribution < 1.29 is 4.52 Å². The molecular weight excluding hydrogens is 224 g/mol. The SMILES string of the molecule is CCCNCc1noc2c1CCc1ccccc1-2. The Morgan fingerprint density at radius 1 is 1.28 bits per heavy atom. The van der Waals surface area contributed by atoms with E-state index >= 15 is 0 Å². The number of benzene rings is 1. The lowest BCUT2D eigenvalue weighted by molar-refractivity contribution is 0.419. The third-order valence-electron chi connectivity index (χ3n) is 3.50. The summed E-state index contributed by atoms with van der Waals surface area (Å²) < 4.78 is 5.55. The molecule has 0 fully saturated rings. The minimum atomic E-state index is 0.814. The van der Waals surface area contributed by atoms with Gasteiger partial charge < -0.3 is 9.84 Å². The van der Waals surface area contributed by atoms with Gasteiger partial charge in [0.25, 0.3) is 0 Å². The first-order valence-electron chi connectivity index (χ1n) is 6.66. The molecule has 1 heterocycles. The van der Waals surface area contributed by atoms with Crippen molar-refractivity contribution in [3.8, 4) is 11.3 Å². The average molecular weight is 242 g/mol. The lowest BCUT2D eigenvalue weighted by Gasteiger charge is -2.14. The first-order valence-corrected chi connectivity index (χ1v) is 6.66. The number of hydrogen-bond donors (Lipinski definition) is 1. The minimum absolute atomic E-state index is 0.814. The van der Waals surface area contributed by atoms with Crippen molar-refractivity contribution in [1.29, 1.82) is 0 Å². The number of rotatable bonds is 4. The van der Waals surface area contributed by atoms with Crippen LogP contribution < -0.4 is 5.32 Å². The van der Waals surface area contributed by atoms with Crippen LogP contribution in [0.1, 0.15) is 30.2 Å². The van der Waals surface area contributed by atoms with Gasteiger partial charge in [0.1, 0.15) is 5.69 Å². The van der Waals surface area contributed by atoms with E-state index in [0.717, 1.165) is 43.8 Å². The van der Waals surface area contributed by atoms with Gasteiger partial charge in [-0.05, 0) is 31.4 Å². The summed E-state index contributed by atoms with van der Waals surface area (Å²) in [5.74, 6) is 0.977. The van der Waals surface area contributed by atoms with Crippen LogP contribution in [0.25, 0.3) is 11.3 Å². The molecule has 1 aliphatic rings. The highest BCUT2D eigenvalue weighted by Gasteiger charge is 2.23. The number of aryl methyl sites for hydroxylation is 1. The zero-order chi connectivity index (χ0) is 12.4. The van der Waals surface area contributed by atoms with E-state index in [4.69, 9.17) is 4.52 Å². The van der Waals surface area contributed by atoms with Crippen LogP contribution >= 0.6 is 0 Å². The van der Waals surface area contributed by atoms with Crippen LogP contribution in [0.5, 0.6) is 0 Å². The summed E-state index contributed by atoms with van der Waals surface area (Å²) in [6.07, 6.45) is 3.27. The Morgan fingerprint density at radius 2 is 2.17 bits per heavy atom. The summed E-state index contributed by atoms with van der Waals surface area (Å²) in [6.45, 7) is 4.01. The van der Waals surface area contributed by atoms with Crippen molar-refractivity contribution in [2.45, 2.75) is 32.7 Å². The molecule has 0 radical (unpaired) electrons. The number of nitrogens with zero attached hydrogens (tertiary/aromatic N) is 1. The quantitative estimate of drug-likeness (QED) is 0.838. The second kappa shape index (κ2) is 4.94. The third-order valence-corrected chi connectivity index (χ3v) is 3.50. The first kappa shape index (κ1) is 11.5.